The largest absolute Gasteiger partial charge is 0.394 e. The molecule has 0 fully saturated rings. The number of aliphatic hydroxyl groups is 2. The van der Waals surface area contributed by atoms with Gasteiger partial charge in [0.25, 0.3) is 0 Å². The monoisotopic (exact) mass is 329 g/mol. The normalized spacial score (nSPS) is 13.7. The van der Waals surface area contributed by atoms with E-state index >= 15 is 0 Å². The van der Waals surface area contributed by atoms with Crippen LogP contribution in [0.4, 0.5) is 0 Å². The number of carbonyl (C=O) groups excluding carboxylic acids is 1. The van der Waals surface area contributed by atoms with Crippen molar-refractivity contribution in [2.45, 2.75) is 109 Å². The first kappa shape index (κ1) is 22.4. The molecule has 1 amide bonds. The highest BCUT2D eigenvalue weighted by Crippen LogP contribution is 2.11. The number of carbonyl (C=O) groups is 1. The van der Waals surface area contributed by atoms with Gasteiger partial charge in [0.1, 0.15) is 0 Å². The van der Waals surface area contributed by atoms with Crippen LogP contribution >= 0.6 is 0 Å². The van der Waals surface area contributed by atoms with Crippen molar-refractivity contribution < 1.29 is 15.0 Å². The van der Waals surface area contributed by atoms with E-state index in [0.29, 0.717) is 12.8 Å². The lowest BCUT2D eigenvalue weighted by molar-refractivity contribution is -0.123. The van der Waals surface area contributed by atoms with Gasteiger partial charge in [-0.25, -0.2) is 0 Å². The Morgan fingerprint density at radius 1 is 0.870 bits per heavy atom. The Morgan fingerprint density at radius 3 is 1.96 bits per heavy atom. The molecule has 0 aromatic rings. The van der Waals surface area contributed by atoms with E-state index < -0.39 is 12.1 Å². The number of amides is 1. The third-order valence-corrected chi connectivity index (χ3v) is 4.37. The molecule has 0 aliphatic heterocycles. The fraction of sp³-hybridized carbons (Fsp3) is 0.947. The van der Waals surface area contributed by atoms with Crippen LogP contribution in [-0.4, -0.2) is 34.9 Å². The highest BCUT2D eigenvalue weighted by Gasteiger charge is 2.19. The molecule has 0 rings (SSSR count). The van der Waals surface area contributed by atoms with E-state index in [0.717, 1.165) is 38.5 Å². The summed E-state index contributed by atoms with van der Waals surface area (Å²) in [7, 11) is 0. The lowest BCUT2D eigenvalue weighted by Gasteiger charge is -2.22. The maximum absolute atomic E-state index is 11.8. The standard InChI is InChI=1S/C19H39NO3/c1-3-5-7-9-10-11-12-14-18(22)17(16-21)20-19(23)15-13-8-6-4-2/h17-18,21-22H,3-16H2,1-2H3,(H,20,23). The van der Waals surface area contributed by atoms with Gasteiger partial charge < -0.3 is 15.5 Å². The van der Waals surface area contributed by atoms with Crippen molar-refractivity contribution in [3.05, 3.63) is 0 Å². The molecule has 0 saturated heterocycles. The van der Waals surface area contributed by atoms with Gasteiger partial charge in [-0.1, -0.05) is 78.1 Å². The summed E-state index contributed by atoms with van der Waals surface area (Å²) in [5.74, 6) is -0.0567. The van der Waals surface area contributed by atoms with E-state index in [-0.39, 0.29) is 12.5 Å². The third-order valence-electron chi connectivity index (χ3n) is 4.37. The van der Waals surface area contributed by atoms with Crippen molar-refractivity contribution in [3.63, 3.8) is 0 Å². The summed E-state index contributed by atoms with van der Waals surface area (Å²) >= 11 is 0. The van der Waals surface area contributed by atoms with E-state index in [1.807, 2.05) is 0 Å². The number of rotatable bonds is 16. The lowest BCUT2D eigenvalue weighted by Crippen LogP contribution is -2.45. The van der Waals surface area contributed by atoms with Crippen molar-refractivity contribution in [1.82, 2.24) is 5.32 Å². The zero-order valence-electron chi connectivity index (χ0n) is 15.4. The maximum Gasteiger partial charge on any atom is 0.220 e. The Hall–Kier alpha value is -0.610. The van der Waals surface area contributed by atoms with E-state index in [1.165, 1.54) is 32.1 Å². The fourth-order valence-electron chi connectivity index (χ4n) is 2.77. The summed E-state index contributed by atoms with van der Waals surface area (Å²) in [6.07, 6.45) is 13.1. The Kier molecular flexibility index (Phi) is 15.8. The van der Waals surface area contributed by atoms with Gasteiger partial charge in [-0.05, 0) is 12.8 Å². The van der Waals surface area contributed by atoms with Crippen molar-refractivity contribution in [2.24, 2.45) is 0 Å². The molecule has 4 nitrogen and oxygen atoms in total. The van der Waals surface area contributed by atoms with Gasteiger partial charge in [-0.3, -0.25) is 4.79 Å². The second-order valence-electron chi connectivity index (χ2n) is 6.64. The summed E-state index contributed by atoms with van der Waals surface area (Å²) in [5.41, 5.74) is 0. The van der Waals surface area contributed by atoms with Crippen LogP contribution in [0.2, 0.25) is 0 Å². The number of nitrogens with one attached hydrogen (secondary N) is 1. The van der Waals surface area contributed by atoms with Crippen LogP contribution in [0.5, 0.6) is 0 Å². The molecule has 138 valence electrons. The van der Waals surface area contributed by atoms with Crippen LogP contribution in [0.25, 0.3) is 0 Å². The SMILES string of the molecule is CCCCCCCCCC(O)C(CO)NC(=O)CCCCCC. The molecule has 2 atom stereocenters. The van der Waals surface area contributed by atoms with Crippen LogP contribution in [0, 0.1) is 0 Å². The van der Waals surface area contributed by atoms with Crippen LogP contribution in [-0.2, 0) is 4.79 Å². The minimum atomic E-state index is -0.643. The van der Waals surface area contributed by atoms with Gasteiger partial charge in [0, 0.05) is 6.42 Å². The molecule has 4 heteroatoms. The molecule has 0 radical (unpaired) electrons. The number of hydrogen-bond donors (Lipinski definition) is 3. The minimum absolute atomic E-state index is 0.0567. The number of unbranched alkanes of at least 4 members (excludes halogenated alkanes) is 9. The van der Waals surface area contributed by atoms with Gasteiger partial charge in [0.15, 0.2) is 0 Å². The number of hydrogen-bond acceptors (Lipinski definition) is 3. The Balaban J connectivity index is 3.75. The summed E-state index contributed by atoms with van der Waals surface area (Å²) in [6.45, 7) is 4.16. The van der Waals surface area contributed by atoms with E-state index in [1.54, 1.807) is 0 Å². The van der Waals surface area contributed by atoms with Gasteiger partial charge in [0.2, 0.25) is 5.91 Å². The molecule has 0 aromatic carbocycles. The molecular formula is C19H39NO3. The van der Waals surface area contributed by atoms with E-state index in [9.17, 15) is 15.0 Å². The number of aliphatic hydroxyl groups excluding tert-OH is 2. The molecule has 0 heterocycles. The van der Waals surface area contributed by atoms with Crippen molar-refractivity contribution in [1.29, 1.82) is 0 Å². The van der Waals surface area contributed by atoms with Gasteiger partial charge in [-0.2, -0.15) is 0 Å². The van der Waals surface area contributed by atoms with Crippen LogP contribution in [0.1, 0.15) is 97.3 Å². The first-order valence-electron chi connectivity index (χ1n) is 9.73. The molecule has 0 bridgehead atoms. The minimum Gasteiger partial charge on any atom is -0.394 e. The molecule has 0 saturated carbocycles. The highest BCUT2D eigenvalue weighted by molar-refractivity contribution is 5.76. The summed E-state index contributed by atoms with van der Waals surface area (Å²) in [5, 5.41) is 22.3. The quantitative estimate of drug-likeness (QED) is 0.376. The molecule has 3 N–H and O–H groups in total. The molecule has 2 unspecified atom stereocenters. The average Bonchev–Trinajstić information content (AvgIpc) is 2.55. The first-order valence-corrected chi connectivity index (χ1v) is 9.73. The van der Waals surface area contributed by atoms with Crippen molar-refractivity contribution in [3.8, 4) is 0 Å². The molecule has 23 heavy (non-hydrogen) atoms. The highest BCUT2D eigenvalue weighted by atomic mass is 16.3. The third kappa shape index (κ3) is 13.5. The maximum atomic E-state index is 11.8. The summed E-state index contributed by atoms with van der Waals surface area (Å²) < 4.78 is 0. The van der Waals surface area contributed by atoms with E-state index in [2.05, 4.69) is 19.2 Å². The van der Waals surface area contributed by atoms with Gasteiger partial charge >= 0.3 is 0 Å². The molecular weight excluding hydrogens is 290 g/mol. The Morgan fingerprint density at radius 2 is 1.39 bits per heavy atom. The molecule has 0 aliphatic rings. The zero-order chi connectivity index (χ0) is 17.3. The average molecular weight is 330 g/mol. The molecule has 0 aromatic heterocycles. The topological polar surface area (TPSA) is 69.6 Å². The zero-order valence-corrected chi connectivity index (χ0v) is 15.4. The predicted octanol–water partition coefficient (Wildman–Crippen LogP) is 3.94. The molecule has 0 spiro atoms. The smallest absolute Gasteiger partial charge is 0.220 e. The second kappa shape index (κ2) is 16.3. The fourth-order valence-corrected chi connectivity index (χ4v) is 2.77. The first-order chi connectivity index (χ1) is 11.2. The Labute approximate surface area is 143 Å². The lowest BCUT2D eigenvalue weighted by atomic mass is 10.0. The molecule has 0 aliphatic carbocycles. The predicted molar refractivity (Wildman–Crippen MR) is 96.4 cm³/mol. The van der Waals surface area contributed by atoms with Crippen LogP contribution < -0.4 is 5.32 Å². The van der Waals surface area contributed by atoms with Crippen molar-refractivity contribution >= 4 is 5.91 Å². The van der Waals surface area contributed by atoms with Gasteiger partial charge in [0.05, 0.1) is 18.8 Å². The van der Waals surface area contributed by atoms with Crippen LogP contribution in [0.15, 0.2) is 0 Å². The van der Waals surface area contributed by atoms with Gasteiger partial charge in [-0.15, -0.1) is 0 Å². The van der Waals surface area contributed by atoms with Crippen molar-refractivity contribution in [2.75, 3.05) is 6.61 Å². The Bertz CT molecular complexity index is 271. The van der Waals surface area contributed by atoms with E-state index in [4.69, 9.17) is 0 Å². The van der Waals surface area contributed by atoms with Crippen LogP contribution in [0.3, 0.4) is 0 Å². The summed E-state index contributed by atoms with van der Waals surface area (Å²) in [4.78, 5) is 11.8. The summed E-state index contributed by atoms with van der Waals surface area (Å²) in [6, 6.07) is -0.520. The second-order valence-corrected chi connectivity index (χ2v) is 6.64.